The maximum atomic E-state index is 12.2. The summed E-state index contributed by atoms with van der Waals surface area (Å²) in [5.41, 5.74) is 1.28. The highest BCUT2D eigenvalue weighted by Crippen LogP contribution is 2.38. The van der Waals surface area contributed by atoms with Crippen LogP contribution in [0.4, 0.5) is 0 Å². The molecule has 29 heavy (non-hydrogen) atoms. The molecule has 0 aliphatic carbocycles. The SMILES string of the molecule is O=C(Cn1nc(-c2ccccc2)oc1=O)OCc1cc(Cl)c2c(c1)OCCCO2. The lowest BCUT2D eigenvalue weighted by Gasteiger charge is -2.11. The minimum absolute atomic E-state index is 0.0344. The normalized spacial score (nSPS) is 13.0. The molecule has 1 aromatic heterocycles. The number of aromatic nitrogens is 2. The number of nitrogens with zero attached hydrogens (tertiary/aromatic N) is 2. The van der Waals surface area contributed by atoms with Gasteiger partial charge in [-0.3, -0.25) is 4.79 Å². The van der Waals surface area contributed by atoms with E-state index in [0.717, 1.165) is 11.1 Å². The van der Waals surface area contributed by atoms with Crippen molar-refractivity contribution in [3.05, 3.63) is 63.6 Å². The van der Waals surface area contributed by atoms with Gasteiger partial charge >= 0.3 is 11.7 Å². The lowest BCUT2D eigenvalue weighted by atomic mass is 10.2. The number of hydrogen-bond acceptors (Lipinski definition) is 7. The number of halogens is 1. The number of rotatable bonds is 5. The monoisotopic (exact) mass is 416 g/mol. The molecule has 0 N–H and O–H groups in total. The molecule has 150 valence electrons. The number of fused-ring (bicyclic) bond motifs is 1. The molecule has 0 amide bonds. The molecule has 0 spiro atoms. The van der Waals surface area contributed by atoms with E-state index in [0.29, 0.717) is 40.9 Å². The number of esters is 1. The fourth-order valence-corrected chi connectivity index (χ4v) is 3.09. The molecule has 1 aliphatic rings. The lowest BCUT2D eigenvalue weighted by molar-refractivity contribution is -0.146. The first kappa shape index (κ1) is 19.1. The van der Waals surface area contributed by atoms with Crippen LogP contribution in [0, 0.1) is 0 Å². The third-order valence-electron chi connectivity index (χ3n) is 4.17. The van der Waals surface area contributed by atoms with E-state index in [1.54, 1.807) is 36.4 Å². The Balaban J connectivity index is 1.41. The first-order valence-electron chi connectivity index (χ1n) is 8.97. The van der Waals surface area contributed by atoms with Crippen LogP contribution in [-0.4, -0.2) is 29.0 Å². The minimum Gasteiger partial charge on any atom is -0.489 e. The number of benzene rings is 2. The fourth-order valence-electron chi connectivity index (χ4n) is 2.80. The Hall–Kier alpha value is -3.26. The third-order valence-corrected chi connectivity index (χ3v) is 4.45. The maximum absolute atomic E-state index is 12.2. The molecule has 1 aliphatic heterocycles. The van der Waals surface area contributed by atoms with E-state index in [4.69, 9.17) is 30.2 Å². The van der Waals surface area contributed by atoms with Gasteiger partial charge in [-0.1, -0.05) is 29.8 Å². The van der Waals surface area contributed by atoms with Gasteiger partial charge in [0, 0.05) is 12.0 Å². The van der Waals surface area contributed by atoms with Crippen LogP contribution in [0.3, 0.4) is 0 Å². The summed E-state index contributed by atoms with van der Waals surface area (Å²) in [6.07, 6.45) is 0.757. The van der Waals surface area contributed by atoms with Crippen molar-refractivity contribution >= 4 is 17.6 Å². The van der Waals surface area contributed by atoms with E-state index < -0.39 is 11.7 Å². The number of ether oxygens (including phenoxy) is 3. The number of carbonyl (C=O) groups excluding carboxylic acids is 1. The number of carbonyl (C=O) groups is 1. The van der Waals surface area contributed by atoms with Crippen LogP contribution in [-0.2, 0) is 22.7 Å². The quantitative estimate of drug-likeness (QED) is 0.590. The molecule has 2 aromatic carbocycles. The zero-order chi connectivity index (χ0) is 20.2. The summed E-state index contributed by atoms with van der Waals surface area (Å²) in [5, 5.41) is 4.42. The van der Waals surface area contributed by atoms with Gasteiger partial charge in [0.1, 0.15) is 13.2 Å². The summed E-state index contributed by atoms with van der Waals surface area (Å²) < 4.78 is 22.4. The highest BCUT2D eigenvalue weighted by molar-refractivity contribution is 6.32. The summed E-state index contributed by atoms with van der Waals surface area (Å²) >= 11 is 6.23. The predicted molar refractivity (Wildman–Crippen MR) is 103 cm³/mol. The second-order valence-electron chi connectivity index (χ2n) is 6.31. The van der Waals surface area contributed by atoms with Gasteiger partial charge in [-0.15, -0.1) is 5.10 Å². The summed E-state index contributed by atoms with van der Waals surface area (Å²) in [5.74, 6) is -0.233. The van der Waals surface area contributed by atoms with Crippen molar-refractivity contribution < 1.29 is 23.4 Å². The van der Waals surface area contributed by atoms with Crippen molar-refractivity contribution in [1.82, 2.24) is 9.78 Å². The average Bonchev–Trinajstić information content (AvgIpc) is 2.92. The van der Waals surface area contributed by atoms with Crippen molar-refractivity contribution in [1.29, 1.82) is 0 Å². The minimum atomic E-state index is -0.737. The van der Waals surface area contributed by atoms with E-state index in [9.17, 15) is 9.59 Å². The van der Waals surface area contributed by atoms with Gasteiger partial charge in [0.25, 0.3) is 0 Å². The van der Waals surface area contributed by atoms with Gasteiger partial charge in [0.2, 0.25) is 5.89 Å². The fraction of sp³-hybridized carbons (Fsp3) is 0.250. The molecule has 0 saturated heterocycles. The Morgan fingerprint density at radius 1 is 1.17 bits per heavy atom. The maximum Gasteiger partial charge on any atom is 0.437 e. The molecule has 0 bridgehead atoms. The van der Waals surface area contributed by atoms with Crippen LogP contribution < -0.4 is 15.2 Å². The van der Waals surface area contributed by atoms with Crippen LogP contribution in [0.1, 0.15) is 12.0 Å². The Kier molecular flexibility index (Phi) is 5.53. The molecule has 0 unspecified atom stereocenters. The summed E-state index contributed by atoms with van der Waals surface area (Å²) in [6, 6.07) is 12.3. The molecule has 4 rings (SSSR count). The second-order valence-corrected chi connectivity index (χ2v) is 6.72. The van der Waals surface area contributed by atoms with Crippen molar-refractivity contribution in [3.63, 3.8) is 0 Å². The largest absolute Gasteiger partial charge is 0.489 e. The lowest BCUT2D eigenvalue weighted by Crippen LogP contribution is -2.22. The molecule has 0 atom stereocenters. The highest BCUT2D eigenvalue weighted by atomic mass is 35.5. The van der Waals surface area contributed by atoms with Crippen LogP contribution in [0.2, 0.25) is 5.02 Å². The second kappa shape index (κ2) is 8.40. The van der Waals surface area contributed by atoms with E-state index in [1.165, 1.54) is 0 Å². The van der Waals surface area contributed by atoms with Gasteiger partial charge in [-0.05, 0) is 29.8 Å². The molecule has 0 fully saturated rings. The molecule has 2 heterocycles. The molecular weight excluding hydrogens is 400 g/mol. The van der Waals surface area contributed by atoms with Crippen LogP contribution in [0.15, 0.2) is 51.7 Å². The van der Waals surface area contributed by atoms with Gasteiger partial charge in [0.05, 0.1) is 18.2 Å². The zero-order valence-electron chi connectivity index (χ0n) is 15.3. The smallest absolute Gasteiger partial charge is 0.437 e. The van der Waals surface area contributed by atoms with E-state index in [1.807, 2.05) is 6.07 Å². The third kappa shape index (κ3) is 4.43. The Labute approximate surface area is 170 Å². The molecule has 9 heteroatoms. The Morgan fingerprint density at radius 3 is 2.79 bits per heavy atom. The van der Waals surface area contributed by atoms with E-state index >= 15 is 0 Å². The van der Waals surface area contributed by atoms with Crippen LogP contribution in [0.25, 0.3) is 11.5 Å². The van der Waals surface area contributed by atoms with Crippen LogP contribution in [0.5, 0.6) is 11.5 Å². The zero-order valence-corrected chi connectivity index (χ0v) is 16.1. The molecular formula is C20H17ClN2O6. The first-order valence-corrected chi connectivity index (χ1v) is 9.35. The molecule has 0 saturated carbocycles. The molecule has 0 radical (unpaired) electrons. The number of hydrogen-bond donors (Lipinski definition) is 0. The van der Waals surface area contributed by atoms with Gasteiger partial charge in [-0.2, -0.15) is 4.68 Å². The topological polar surface area (TPSA) is 92.8 Å². The van der Waals surface area contributed by atoms with E-state index in [2.05, 4.69) is 5.10 Å². The summed E-state index contributed by atoms with van der Waals surface area (Å²) in [6.45, 7) is 0.644. The molecule has 3 aromatic rings. The average molecular weight is 417 g/mol. The van der Waals surface area contributed by atoms with Gasteiger partial charge in [-0.25, -0.2) is 4.79 Å². The summed E-state index contributed by atoms with van der Waals surface area (Å²) in [4.78, 5) is 24.1. The standard InChI is InChI=1S/C20H17ClN2O6/c21-15-9-13(10-16-18(15)27-8-4-7-26-16)12-28-17(24)11-23-20(25)29-19(22-23)14-5-2-1-3-6-14/h1-3,5-6,9-10H,4,7-8,11-12H2. The van der Waals surface area contributed by atoms with Crippen LogP contribution >= 0.6 is 11.6 Å². The molecule has 8 nitrogen and oxygen atoms in total. The van der Waals surface area contributed by atoms with E-state index in [-0.39, 0.29) is 19.0 Å². The highest BCUT2D eigenvalue weighted by Gasteiger charge is 2.17. The van der Waals surface area contributed by atoms with Crippen molar-refractivity contribution in [2.24, 2.45) is 0 Å². The summed E-state index contributed by atoms with van der Waals surface area (Å²) in [7, 11) is 0. The van der Waals surface area contributed by atoms with Crippen molar-refractivity contribution in [2.75, 3.05) is 13.2 Å². The van der Waals surface area contributed by atoms with Crippen molar-refractivity contribution in [3.8, 4) is 23.0 Å². The predicted octanol–water partition coefficient (Wildman–Crippen LogP) is 3.06. The van der Waals surface area contributed by atoms with Gasteiger partial charge < -0.3 is 18.6 Å². The Morgan fingerprint density at radius 2 is 1.97 bits per heavy atom. The first-order chi connectivity index (χ1) is 14.1. The Bertz CT molecular complexity index is 1080. The van der Waals surface area contributed by atoms with Crippen molar-refractivity contribution in [2.45, 2.75) is 19.6 Å². The van der Waals surface area contributed by atoms with Gasteiger partial charge in [0.15, 0.2) is 11.5 Å².